The molecule has 0 fully saturated rings. The maximum atomic E-state index is 13.7. The summed E-state index contributed by atoms with van der Waals surface area (Å²) in [6.07, 6.45) is 3.99. The Labute approximate surface area is 166 Å². The van der Waals surface area contributed by atoms with Gasteiger partial charge in [-0.3, -0.25) is 14.9 Å². The van der Waals surface area contributed by atoms with Gasteiger partial charge in [0.15, 0.2) is 5.78 Å². The Morgan fingerprint density at radius 2 is 1.86 bits per heavy atom. The van der Waals surface area contributed by atoms with Crippen molar-refractivity contribution in [2.75, 3.05) is 0 Å². The number of carbonyl (C=O) groups is 1. The molecule has 1 aliphatic carbocycles. The van der Waals surface area contributed by atoms with Gasteiger partial charge in [0.25, 0.3) is 12.1 Å². The third-order valence-electron chi connectivity index (χ3n) is 5.31. The van der Waals surface area contributed by atoms with Gasteiger partial charge in [-0.05, 0) is 44.1 Å². The Morgan fingerprint density at radius 3 is 2.55 bits per heavy atom. The average Bonchev–Trinajstić information content (AvgIpc) is 2.67. The minimum absolute atomic E-state index is 0.0374. The summed E-state index contributed by atoms with van der Waals surface area (Å²) < 4.78 is 27.4. The van der Waals surface area contributed by atoms with Gasteiger partial charge in [0.05, 0.1) is 16.2 Å². The second kappa shape index (κ2) is 6.62. The first-order valence-corrected chi connectivity index (χ1v) is 9.12. The predicted molar refractivity (Wildman–Crippen MR) is 104 cm³/mol. The quantitative estimate of drug-likeness (QED) is 0.422. The van der Waals surface area contributed by atoms with Gasteiger partial charge < -0.3 is 4.90 Å². The number of fused-ring (bicyclic) bond motifs is 3. The minimum atomic E-state index is -2.74. The van der Waals surface area contributed by atoms with Crippen LogP contribution in [0.5, 0.6) is 0 Å². The van der Waals surface area contributed by atoms with Crippen LogP contribution in [0.25, 0.3) is 5.70 Å². The van der Waals surface area contributed by atoms with E-state index >= 15 is 0 Å². The summed E-state index contributed by atoms with van der Waals surface area (Å²) in [6, 6.07) is 7.56. The molecule has 148 valence electrons. The van der Waals surface area contributed by atoms with E-state index in [1.54, 1.807) is 0 Å². The van der Waals surface area contributed by atoms with E-state index in [0.717, 1.165) is 29.4 Å². The van der Waals surface area contributed by atoms with Crippen LogP contribution in [-0.4, -0.2) is 27.6 Å². The van der Waals surface area contributed by atoms with Gasteiger partial charge in [0.2, 0.25) is 0 Å². The predicted octanol–water partition coefficient (Wildman–Crippen LogP) is 4.42. The van der Waals surface area contributed by atoms with Crippen LogP contribution in [0.15, 0.2) is 77.2 Å². The number of hydrogen-bond acceptors (Lipinski definition) is 4. The largest absolute Gasteiger partial charge is 0.334 e. The third kappa shape index (κ3) is 3.12. The van der Waals surface area contributed by atoms with Crippen molar-refractivity contribution in [3.8, 4) is 0 Å². The molecule has 1 aromatic rings. The molecule has 3 aliphatic rings. The van der Waals surface area contributed by atoms with Crippen molar-refractivity contribution in [2.45, 2.75) is 32.2 Å². The van der Waals surface area contributed by atoms with Gasteiger partial charge in [-0.2, -0.15) is 0 Å². The molecule has 0 atom stereocenters. The lowest BCUT2D eigenvalue weighted by molar-refractivity contribution is -0.419. The SMILES string of the molecule is CC1(C)Cc2ccccc2C2=CC(C(F)F)=C/C(=C3/C=C([N+](=O)[O-])C=CC3=O)N21. The van der Waals surface area contributed by atoms with Gasteiger partial charge in [0.1, 0.15) is 0 Å². The van der Waals surface area contributed by atoms with Crippen molar-refractivity contribution in [1.82, 2.24) is 4.90 Å². The molecule has 5 nitrogen and oxygen atoms in total. The van der Waals surface area contributed by atoms with E-state index in [9.17, 15) is 23.7 Å². The zero-order valence-corrected chi connectivity index (χ0v) is 15.9. The second-order valence-electron chi connectivity index (χ2n) is 7.78. The highest BCUT2D eigenvalue weighted by molar-refractivity contribution is 6.08. The molecular formula is C22H18F2N2O3. The van der Waals surface area contributed by atoms with Gasteiger partial charge in [-0.15, -0.1) is 0 Å². The molecule has 2 aliphatic heterocycles. The van der Waals surface area contributed by atoms with Crippen LogP contribution < -0.4 is 0 Å². The minimum Gasteiger partial charge on any atom is -0.334 e. The molecule has 0 saturated heterocycles. The van der Waals surface area contributed by atoms with Gasteiger partial charge >= 0.3 is 0 Å². The summed E-state index contributed by atoms with van der Waals surface area (Å²) in [6.45, 7) is 3.92. The fraction of sp³-hybridized carbons (Fsp3) is 0.227. The molecule has 0 bridgehead atoms. The molecule has 0 N–H and O–H groups in total. The Bertz CT molecular complexity index is 1090. The molecule has 4 rings (SSSR count). The Balaban J connectivity index is 2.01. The summed E-state index contributed by atoms with van der Waals surface area (Å²) in [5.41, 5.74) is 1.67. The number of alkyl halides is 2. The fourth-order valence-electron chi connectivity index (χ4n) is 4.09. The van der Waals surface area contributed by atoms with E-state index < -0.39 is 22.7 Å². The molecule has 29 heavy (non-hydrogen) atoms. The van der Waals surface area contributed by atoms with E-state index in [-0.39, 0.29) is 22.5 Å². The molecular weight excluding hydrogens is 378 g/mol. The van der Waals surface area contributed by atoms with E-state index in [1.807, 2.05) is 43.0 Å². The summed E-state index contributed by atoms with van der Waals surface area (Å²) >= 11 is 0. The van der Waals surface area contributed by atoms with Crippen LogP contribution in [0, 0.1) is 10.1 Å². The van der Waals surface area contributed by atoms with Crippen molar-refractivity contribution in [3.05, 3.63) is 98.4 Å². The fourth-order valence-corrected chi connectivity index (χ4v) is 4.09. The molecule has 7 heteroatoms. The van der Waals surface area contributed by atoms with Crippen molar-refractivity contribution in [1.29, 1.82) is 0 Å². The highest BCUT2D eigenvalue weighted by Crippen LogP contribution is 2.45. The molecule has 0 unspecified atom stereocenters. The number of benzene rings is 1. The highest BCUT2D eigenvalue weighted by atomic mass is 19.3. The van der Waals surface area contributed by atoms with Crippen LogP contribution in [0.2, 0.25) is 0 Å². The maximum Gasteiger partial charge on any atom is 0.270 e. The van der Waals surface area contributed by atoms with Crippen molar-refractivity contribution >= 4 is 11.5 Å². The lowest BCUT2D eigenvalue weighted by Crippen LogP contribution is -2.48. The van der Waals surface area contributed by atoms with E-state index in [2.05, 4.69) is 0 Å². The van der Waals surface area contributed by atoms with E-state index in [4.69, 9.17) is 0 Å². The summed E-state index contributed by atoms with van der Waals surface area (Å²) in [5.74, 6) is -0.452. The van der Waals surface area contributed by atoms with E-state index in [1.165, 1.54) is 12.2 Å². The number of nitro groups is 1. The highest BCUT2D eigenvalue weighted by Gasteiger charge is 2.41. The molecule has 0 amide bonds. The first kappa shape index (κ1) is 19.0. The third-order valence-corrected chi connectivity index (χ3v) is 5.31. The van der Waals surface area contributed by atoms with Crippen molar-refractivity contribution in [2.24, 2.45) is 0 Å². The summed E-state index contributed by atoms with van der Waals surface area (Å²) in [5, 5.41) is 11.2. The molecule has 0 aromatic heterocycles. The van der Waals surface area contributed by atoms with Crippen molar-refractivity contribution < 1.29 is 18.5 Å². The Hall–Kier alpha value is -3.35. The normalized spacial score (nSPS) is 22.6. The first-order valence-electron chi connectivity index (χ1n) is 9.12. The summed E-state index contributed by atoms with van der Waals surface area (Å²) in [7, 11) is 0. The molecule has 0 spiro atoms. The number of carbonyl (C=O) groups excluding carboxylic acids is 1. The van der Waals surface area contributed by atoms with Crippen LogP contribution in [0.3, 0.4) is 0 Å². The van der Waals surface area contributed by atoms with Gasteiger partial charge in [0, 0.05) is 34.5 Å². The van der Waals surface area contributed by atoms with Gasteiger partial charge in [-0.25, -0.2) is 8.78 Å². The van der Waals surface area contributed by atoms with Gasteiger partial charge in [-0.1, -0.05) is 24.3 Å². The zero-order valence-electron chi connectivity index (χ0n) is 15.9. The number of halogens is 2. The number of allylic oxidation sites excluding steroid dienone is 7. The molecule has 0 radical (unpaired) electrons. The summed E-state index contributed by atoms with van der Waals surface area (Å²) in [4.78, 5) is 25.1. The molecule has 2 heterocycles. The van der Waals surface area contributed by atoms with Crippen LogP contribution in [0.1, 0.15) is 25.0 Å². The average molecular weight is 396 g/mol. The molecule has 1 aromatic carbocycles. The Kier molecular flexibility index (Phi) is 4.33. The molecule has 0 saturated carbocycles. The monoisotopic (exact) mass is 396 g/mol. The standard InChI is InChI=1S/C22H18F2N2O3/c1-22(2)12-13-5-3-4-6-16(13)18-9-14(21(23)24)10-19(25(18)22)17-11-15(26(28)29)7-8-20(17)27/h3-11,21H,12H2,1-2H3/b19-17+. The number of ketones is 1. The Morgan fingerprint density at radius 1 is 1.14 bits per heavy atom. The maximum absolute atomic E-state index is 13.7. The number of rotatable bonds is 2. The topological polar surface area (TPSA) is 63.5 Å². The van der Waals surface area contributed by atoms with Crippen molar-refractivity contribution in [3.63, 3.8) is 0 Å². The lowest BCUT2D eigenvalue weighted by atomic mass is 9.80. The zero-order chi connectivity index (χ0) is 20.9. The number of hydrogen-bond donors (Lipinski definition) is 0. The first-order chi connectivity index (χ1) is 13.7. The van der Waals surface area contributed by atoms with Crippen LogP contribution in [-0.2, 0) is 11.2 Å². The second-order valence-corrected chi connectivity index (χ2v) is 7.78. The van der Waals surface area contributed by atoms with Crippen LogP contribution >= 0.6 is 0 Å². The smallest absolute Gasteiger partial charge is 0.270 e. The van der Waals surface area contributed by atoms with E-state index in [0.29, 0.717) is 12.1 Å². The number of nitrogens with zero attached hydrogens (tertiary/aromatic N) is 2. The van der Waals surface area contributed by atoms with Crippen LogP contribution in [0.4, 0.5) is 8.78 Å². The lowest BCUT2D eigenvalue weighted by Gasteiger charge is -2.49.